The third kappa shape index (κ3) is 2.17. The van der Waals surface area contributed by atoms with Crippen LogP contribution in [0.15, 0.2) is 48.5 Å². The number of nitrogens with zero attached hydrogens (tertiary/aromatic N) is 1. The molecular formula is C15H8ClF2N. The first-order valence-electron chi connectivity index (χ1n) is 5.66. The third-order valence-corrected chi connectivity index (χ3v) is 3.15. The van der Waals surface area contributed by atoms with Crippen molar-refractivity contribution < 1.29 is 8.78 Å². The lowest BCUT2D eigenvalue weighted by atomic mass is 10.1. The fourth-order valence-corrected chi connectivity index (χ4v) is 2.29. The Morgan fingerprint density at radius 2 is 1.68 bits per heavy atom. The number of pyridine rings is 1. The molecule has 0 aliphatic rings. The molecule has 0 bridgehead atoms. The molecule has 0 unspecified atom stereocenters. The molecule has 1 nitrogen and oxygen atoms in total. The summed E-state index contributed by atoms with van der Waals surface area (Å²) >= 11 is 6.07. The summed E-state index contributed by atoms with van der Waals surface area (Å²) in [6, 6.07) is 12.9. The van der Waals surface area contributed by atoms with Gasteiger partial charge >= 0.3 is 0 Å². The van der Waals surface area contributed by atoms with Gasteiger partial charge in [-0.3, -0.25) is 0 Å². The standard InChI is InChI=1S/C15H8ClF2N/c16-11-8-13(9-4-2-1-3-5-9)19-14-7-10(17)6-12(18)15(11)14/h1-8H. The lowest BCUT2D eigenvalue weighted by Gasteiger charge is -2.06. The molecule has 0 amide bonds. The predicted molar refractivity (Wildman–Crippen MR) is 72.1 cm³/mol. The summed E-state index contributed by atoms with van der Waals surface area (Å²) in [5.41, 5.74) is 1.64. The van der Waals surface area contributed by atoms with Crippen LogP contribution in [0.25, 0.3) is 22.2 Å². The molecule has 2 aromatic carbocycles. The second-order valence-corrected chi connectivity index (χ2v) is 4.54. The van der Waals surface area contributed by atoms with E-state index in [1.54, 1.807) is 6.07 Å². The van der Waals surface area contributed by atoms with Gasteiger partial charge in [0.15, 0.2) is 0 Å². The van der Waals surface area contributed by atoms with Gasteiger partial charge in [0.2, 0.25) is 0 Å². The maximum atomic E-state index is 13.7. The molecule has 0 saturated carbocycles. The summed E-state index contributed by atoms with van der Waals surface area (Å²) in [4.78, 5) is 4.26. The molecule has 0 aliphatic heterocycles. The Labute approximate surface area is 113 Å². The van der Waals surface area contributed by atoms with Crippen LogP contribution in [0.4, 0.5) is 8.78 Å². The third-order valence-electron chi connectivity index (χ3n) is 2.85. The zero-order valence-corrected chi connectivity index (χ0v) is 10.5. The molecule has 0 fully saturated rings. The fraction of sp³-hybridized carbons (Fsp3) is 0. The Hall–Kier alpha value is -2.00. The van der Waals surface area contributed by atoms with Crippen LogP contribution in [0.3, 0.4) is 0 Å². The van der Waals surface area contributed by atoms with Gasteiger partial charge in [0, 0.05) is 17.7 Å². The molecule has 0 spiro atoms. The van der Waals surface area contributed by atoms with Crippen molar-refractivity contribution in [1.29, 1.82) is 0 Å². The van der Waals surface area contributed by atoms with Gasteiger partial charge in [-0.1, -0.05) is 41.9 Å². The SMILES string of the molecule is Fc1cc(F)c2c(Cl)cc(-c3ccccc3)nc2c1. The fourth-order valence-electron chi connectivity index (χ4n) is 2.00. The maximum Gasteiger partial charge on any atom is 0.137 e. The average molecular weight is 276 g/mol. The first-order chi connectivity index (χ1) is 9.15. The van der Waals surface area contributed by atoms with E-state index in [0.717, 1.165) is 11.6 Å². The van der Waals surface area contributed by atoms with Gasteiger partial charge in [-0.05, 0) is 6.07 Å². The molecule has 19 heavy (non-hydrogen) atoms. The molecule has 1 heterocycles. The van der Waals surface area contributed by atoms with E-state index in [0.29, 0.717) is 5.69 Å². The van der Waals surface area contributed by atoms with Crippen LogP contribution < -0.4 is 0 Å². The first kappa shape index (κ1) is 12.1. The Bertz CT molecular complexity index is 757. The van der Waals surface area contributed by atoms with Crippen molar-refractivity contribution in [3.8, 4) is 11.3 Å². The van der Waals surface area contributed by atoms with Crippen LogP contribution in [0.1, 0.15) is 0 Å². The largest absolute Gasteiger partial charge is 0.247 e. The highest BCUT2D eigenvalue weighted by Gasteiger charge is 2.11. The second kappa shape index (κ2) is 4.59. The Balaban J connectivity index is 2.31. The molecule has 0 aliphatic carbocycles. The normalized spacial score (nSPS) is 10.9. The summed E-state index contributed by atoms with van der Waals surface area (Å²) in [5, 5.41) is 0.365. The van der Waals surface area contributed by atoms with Crippen LogP contribution >= 0.6 is 11.6 Å². The van der Waals surface area contributed by atoms with Gasteiger partial charge in [0.25, 0.3) is 0 Å². The highest BCUT2D eigenvalue weighted by atomic mass is 35.5. The molecule has 0 atom stereocenters. The molecule has 4 heteroatoms. The number of aromatic nitrogens is 1. The van der Waals surface area contributed by atoms with Gasteiger partial charge in [-0.15, -0.1) is 0 Å². The Kier molecular flexibility index (Phi) is 2.91. The van der Waals surface area contributed by atoms with E-state index >= 15 is 0 Å². The molecular weight excluding hydrogens is 268 g/mol. The molecule has 3 aromatic rings. The number of hydrogen-bond donors (Lipinski definition) is 0. The summed E-state index contributed by atoms with van der Waals surface area (Å²) in [5.74, 6) is -1.37. The van der Waals surface area contributed by atoms with E-state index in [4.69, 9.17) is 11.6 Å². The van der Waals surface area contributed by atoms with Crippen molar-refractivity contribution in [2.24, 2.45) is 0 Å². The van der Waals surface area contributed by atoms with Gasteiger partial charge in [0.05, 0.1) is 21.6 Å². The second-order valence-electron chi connectivity index (χ2n) is 4.14. The minimum atomic E-state index is -0.702. The number of halogens is 3. The lowest BCUT2D eigenvalue weighted by Crippen LogP contribution is -1.91. The quantitative estimate of drug-likeness (QED) is 0.620. The molecule has 0 radical (unpaired) electrons. The first-order valence-corrected chi connectivity index (χ1v) is 6.03. The zero-order chi connectivity index (χ0) is 13.4. The summed E-state index contributed by atoms with van der Waals surface area (Å²) in [6.45, 7) is 0. The Morgan fingerprint density at radius 3 is 2.42 bits per heavy atom. The summed E-state index contributed by atoms with van der Waals surface area (Å²) < 4.78 is 26.9. The van der Waals surface area contributed by atoms with Crippen LogP contribution in [-0.4, -0.2) is 4.98 Å². The molecule has 0 N–H and O–H groups in total. The number of rotatable bonds is 1. The van der Waals surface area contributed by atoms with Crippen molar-refractivity contribution in [3.05, 3.63) is 65.2 Å². The Morgan fingerprint density at radius 1 is 0.947 bits per heavy atom. The van der Waals surface area contributed by atoms with Crippen molar-refractivity contribution >= 4 is 22.5 Å². The van der Waals surface area contributed by atoms with Crippen molar-refractivity contribution in [3.63, 3.8) is 0 Å². The van der Waals surface area contributed by atoms with Crippen LogP contribution in [0, 0.1) is 11.6 Å². The number of fused-ring (bicyclic) bond motifs is 1. The van der Waals surface area contributed by atoms with Crippen molar-refractivity contribution in [2.45, 2.75) is 0 Å². The minimum absolute atomic E-state index is 0.141. The van der Waals surface area contributed by atoms with E-state index in [1.165, 1.54) is 6.07 Å². The maximum absolute atomic E-state index is 13.7. The van der Waals surface area contributed by atoms with E-state index in [2.05, 4.69) is 4.98 Å². The lowest BCUT2D eigenvalue weighted by molar-refractivity contribution is 0.591. The minimum Gasteiger partial charge on any atom is -0.247 e. The molecule has 0 saturated heterocycles. The van der Waals surface area contributed by atoms with Gasteiger partial charge in [-0.2, -0.15) is 0 Å². The summed E-state index contributed by atoms with van der Waals surface area (Å²) in [7, 11) is 0. The summed E-state index contributed by atoms with van der Waals surface area (Å²) in [6.07, 6.45) is 0. The van der Waals surface area contributed by atoms with Gasteiger partial charge < -0.3 is 0 Å². The monoisotopic (exact) mass is 275 g/mol. The number of hydrogen-bond acceptors (Lipinski definition) is 1. The van der Waals surface area contributed by atoms with Gasteiger partial charge in [-0.25, -0.2) is 13.8 Å². The predicted octanol–water partition coefficient (Wildman–Crippen LogP) is 4.83. The highest BCUT2D eigenvalue weighted by Crippen LogP contribution is 2.30. The van der Waals surface area contributed by atoms with Crippen LogP contribution in [0.5, 0.6) is 0 Å². The average Bonchev–Trinajstić information content (AvgIpc) is 2.38. The zero-order valence-electron chi connectivity index (χ0n) is 9.70. The molecule has 1 aromatic heterocycles. The topological polar surface area (TPSA) is 12.9 Å². The smallest absolute Gasteiger partial charge is 0.137 e. The van der Waals surface area contributed by atoms with Crippen LogP contribution in [0.2, 0.25) is 5.02 Å². The van der Waals surface area contributed by atoms with Gasteiger partial charge in [0.1, 0.15) is 11.6 Å². The van der Waals surface area contributed by atoms with Crippen molar-refractivity contribution in [1.82, 2.24) is 4.98 Å². The molecule has 94 valence electrons. The van der Waals surface area contributed by atoms with E-state index in [-0.39, 0.29) is 15.9 Å². The van der Waals surface area contributed by atoms with Crippen molar-refractivity contribution in [2.75, 3.05) is 0 Å². The van der Waals surface area contributed by atoms with E-state index < -0.39 is 11.6 Å². The van der Waals surface area contributed by atoms with E-state index in [9.17, 15) is 8.78 Å². The highest BCUT2D eigenvalue weighted by molar-refractivity contribution is 6.35. The number of benzene rings is 2. The molecule has 3 rings (SSSR count). The van der Waals surface area contributed by atoms with E-state index in [1.807, 2.05) is 30.3 Å². The van der Waals surface area contributed by atoms with Crippen LogP contribution in [-0.2, 0) is 0 Å².